The van der Waals surface area contributed by atoms with Crippen molar-refractivity contribution in [3.05, 3.63) is 45.9 Å². The van der Waals surface area contributed by atoms with Crippen LogP contribution in [0.1, 0.15) is 22.0 Å². The van der Waals surface area contributed by atoms with E-state index in [-0.39, 0.29) is 6.04 Å². The van der Waals surface area contributed by atoms with Gasteiger partial charge in [-0.25, -0.2) is 0 Å². The molecule has 1 N–H and O–H groups in total. The Morgan fingerprint density at radius 1 is 1.41 bits per heavy atom. The van der Waals surface area contributed by atoms with Crippen molar-refractivity contribution in [1.29, 1.82) is 0 Å². The quantitative estimate of drug-likeness (QED) is 0.903. The summed E-state index contributed by atoms with van der Waals surface area (Å²) in [4.78, 5) is 5.36. The van der Waals surface area contributed by atoms with E-state index in [1.54, 1.807) is 18.4 Å². The number of aromatic nitrogens is 1. The standard InChI is InChI=1S/C13H16N2OS/c1-9-6-10(16-3)4-5-11(9)13(14-2)12-7-15-8-17-12/h4-8,13-14H,1-3H3. The van der Waals surface area contributed by atoms with Crippen molar-refractivity contribution < 1.29 is 4.74 Å². The molecule has 0 aliphatic heterocycles. The lowest BCUT2D eigenvalue weighted by molar-refractivity contribution is 0.414. The van der Waals surface area contributed by atoms with E-state index in [1.165, 1.54) is 16.0 Å². The zero-order chi connectivity index (χ0) is 12.3. The molecule has 1 unspecified atom stereocenters. The fraction of sp³-hybridized carbons (Fsp3) is 0.308. The third kappa shape index (κ3) is 2.48. The molecule has 0 aliphatic rings. The van der Waals surface area contributed by atoms with Crippen LogP contribution in [0.2, 0.25) is 0 Å². The molecule has 3 nitrogen and oxygen atoms in total. The Bertz CT molecular complexity index is 482. The van der Waals surface area contributed by atoms with Gasteiger partial charge in [0, 0.05) is 11.1 Å². The third-order valence-electron chi connectivity index (χ3n) is 2.81. The second-order valence-corrected chi connectivity index (χ2v) is 4.77. The van der Waals surface area contributed by atoms with Crippen LogP contribution in [0.3, 0.4) is 0 Å². The smallest absolute Gasteiger partial charge is 0.119 e. The van der Waals surface area contributed by atoms with E-state index in [0.717, 1.165) is 5.75 Å². The Labute approximate surface area is 105 Å². The van der Waals surface area contributed by atoms with Crippen LogP contribution in [0.25, 0.3) is 0 Å². The van der Waals surface area contributed by atoms with Crippen molar-refractivity contribution in [3.63, 3.8) is 0 Å². The van der Waals surface area contributed by atoms with Gasteiger partial charge < -0.3 is 10.1 Å². The average Bonchev–Trinajstić information content (AvgIpc) is 2.85. The normalized spacial score (nSPS) is 12.4. The largest absolute Gasteiger partial charge is 0.497 e. The molecule has 0 fully saturated rings. The summed E-state index contributed by atoms with van der Waals surface area (Å²) in [5.74, 6) is 0.894. The minimum Gasteiger partial charge on any atom is -0.497 e. The van der Waals surface area contributed by atoms with Crippen LogP contribution in [-0.2, 0) is 0 Å². The number of methoxy groups -OCH3 is 1. The Morgan fingerprint density at radius 2 is 2.24 bits per heavy atom. The van der Waals surface area contributed by atoms with E-state index >= 15 is 0 Å². The lowest BCUT2D eigenvalue weighted by Crippen LogP contribution is -2.17. The van der Waals surface area contributed by atoms with Crippen LogP contribution in [0.15, 0.2) is 29.9 Å². The average molecular weight is 248 g/mol. The summed E-state index contributed by atoms with van der Waals surface area (Å²) in [6.07, 6.45) is 1.91. The van der Waals surface area contributed by atoms with E-state index in [1.807, 2.05) is 24.8 Å². The molecule has 0 spiro atoms. The fourth-order valence-corrected chi connectivity index (χ4v) is 2.66. The van der Waals surface area contributed by atoms with Gasteiger partial charge in [-0.1, -0.05) is 6.07 Å². The molecule has 0 amide bonds. The first-order valence-electron chi connectivity index (χ1n) is 5.46. The number of hydrogen-bond acceptors (Lipinski definition) is 4. The highest BCUT2D eigenvalue weighted by Gasteiger charge is 2.15. The van der Waals surface area contributed by atoms with Gasteiger partial charge in [-0.15, -0.1) is 11.3 Å². The van der Waals surface area contributed by atoms with Crippen LogP contribution in [0.4, 0.5) is 0 Å². The minimum atomic E-state index is 0.202. The lowest BCUT2D eigenvalue weighted by atomic mass is 10.0. The first kappa shape index (κ1) is 12.1. The van der Waals surface area contributed by atoms with Crippen molar-refractivity contribution in [2.45, 2.75) is 13.0 Å². The molecule has 2 aromatic rings. The van der Waals surface area contributed by atoms with Crippen molar-refractivity contribution >= 4 is 11.3 Å². The highest BCUT2D eigenvalue weighted by molar-refractivity contribution is 7.09. The van der Waals surface area contributed by atoms with Crippen molar-refractivity contribution in [2.75, 3.05) is 14.2 Å². The third-order valence-corrected chi connectivity index (χ3v) is 3.65. The summed E-state index contributed by atoms with van der Waals surface area (Å²) in [6, 6.07) is 6.36. The van der Waals surface area contributed by atoms with Gasteiger partial charge in [0.1, 0.15) is 5.75 Å². The van der Waals surface area contributed by atoms with Gasteiger partial charge in [-0.3, -0.25) is 4.98 Å². The summed E-state index contributed by atoms with van der Waals surface area (Å²) in [6.45, 7) is 2.10. The Hall–Kier alpha value is -1.39. The van der Waals surface area contributed by atoms with Crippen molar-refractivity contribution in [3.8, 4) is 5.75 Å². The number of aryl methyl sites for hydroxylation is 1. The number of thiazole rings is 1. The van der Waals surface area contributed by atoms with E-state index in [4.69, 9.17) is 4.74 Å². The van der Waals surface area contributed by atoms with E-state index < -0.39 is 0 Å². The summed E-state index contributed by atoms with van der Waals surface area (Å²) in [7, 11) is 3.65. The fourth-order valence-electron chi connectivity index (χ4n) is 1.92. The zero-order valence-corrected chi connectivity index (χ0v) is 11.0. The van der Waals surface area contributed by atoms with Gasteiger partial charge in [0.05, 0.1) is 18.7 Å². The minimum absolute atomic E-state index is 0.202. The molecule has 17 heavy (non-hydrogen) atoms. The first-order valence-corrected chi connectivity index (χ1v) is 6.34. The first-order chi connectivity index (χ1) is 8.26. The predicted molar refractivity (Wildman–Crippen MR) is 70.7 cm³/mol. The molecule has 0 bridgehead atoms. The number of nitrogens with zero attached hydrogens (tertiary/aromatic N) is 1. The number of benzene rings is 1. The van der Waals surface area contributed by atoms with Gasteiger partial charge in [-0.05, 0) is 37.2 Å². The Morgan fingerprint density at radius 3 is 2.76 bits per heavy atom. The molecule has 90 valence electrons. The molecule has 1 aromatic heterocycles. The highest BCUT2D eigenvalue weighted by atomic mass is 32.1. The number of rotatable bonds is 4. The molecule has 1 atom stereocenters. The number of nitrogens with one attached hydrogen (secondary N) is 1. The van der Waals surface area contributed by atoms with E-state index in [9.17, 15) is 0 Å². The zero-order valence-electron chi connectivity index (χ0n) is 10.2. The molecular formula is C13H16N2OS. The summed E-state index contributed by atoms with van der Waals surface area (Å²) >= 11 is 1.66. The maximum atomic E-state index is 5.22. The van der Waals surface area contributed by atoms with Crippen molar-refractivity contribution in [1.82, 2.24) is 10.3 Å². The summed E-state index contributed by atoms with van der Waals surface area (Å²) in [5, 5.41) is 3.33. The maximum absolute atomic E-state index is 5.22. The molecule has 1 heterocycles. The van der Waals surface area contributed by atoms with Crippen LogP contribution in [-0.4, -0.2) is 19.1 Å². The summed E-state index contributed by atoms with van der Waals surface area (Å²) < 4.78 is 5.22. The molecule has 0 saturated heterocycles. The van der Waals surface area contributed by atoms with Gasteiger partial charge in [0.2, 0.25) is 0 Å². The Kier molecular flexibility index (Phi) is 3.76. The molecule has 2 rings (SSSR count). The molecule has 4 heteroatoms. The second kappa shape index (κ2) is 5.29. The molecule has 0 aliphatic carbocycles. The van der Waals surface area contributed by atoms with Gasteiger partial charge in [-0.2, -0.15) is 0 Å². The lowest BCUT2D eigenvalue weighted by Gasteiger charge is -2.17. The van der Waals surface area contributed by atoms with E-state index in [2.05, 4.69) is 29.4 Å². The number of ether oxygens (including phenoxy) is 1. The van der Waals surface area contributed by atoms with Gasteiger partial charge >= 0.3 is 0 Å². The molecule has 1 aromatic carbocycles. The van der Waals surface area contributed by atoms with Gasteiger partial charge in [0.25, 0.3) is 0 Å². The maximum Gasteiger partial charge on any atom is 0.119 e. The van der Waals surface area contributed by atoms with Gasteiger partial charge in [0.15, 0.2) is 0 Å². The van der Waals surface area contributed by atoms with E-state index in [0.29, 0.717) is 0 Å². The predicted octanol–water partition coefficient (Wildman–Crippen LogP) is 2.77. The molecule has 0 saturated carbocycles. The monoisotopic (exact) mass is 248 g/mol. The topological polar surface area (TPSA) is 34.2 Å². The Balaban J connectivity index is 2.38. The molecule has 0 radical (unpaired) electrons. The number of hydrogen-bond donors (Lipinski definition) is 1. The van der Waals surface area contributed by atoms with Crippen LogP contribution >= 0.6 is 11.3 Å². The van der Waals surface area contributed by atoms with Crippen LogP contribution < -0.4 is 10.1 Å². The second-order valence-electron chi connectivity index (χ2n) is 3.85. The van der Waals surface area contributed by atoms with Crippen LogP contribution in [0, 0.1) is 6.92 Å². The van der Waals surface area contributed by atoms with Crippen molar-refractivity contribution in [2.24, 2.45) is 0 Å². The SMILES string of the molecule is CNC(c1cncs1)c1ccc(OC)cc1C. The summed E-state index contributed by atoms with van der Waals surface area (Å²) in [5.41, 5.74) is 4.34. The molecular weight excluding hydrogens is 232 g/mol. The highest BCUT2D eigenvalue weighted by Crippen LogP contribution is 2.28. The van der Waals surface area contributed by atoms with Crippen LogP contribution in [0.5, 0.6) is 5.75 Å².